The second-order valence-corrected chi connectivity index (χ2v) is 4.27. The van der Waals surface area contributed by atoms with E-state index in [-0.39, 0.29) is 11.4 Å². The molecule has 0 aliphatic rings. The van der Waals surface area contributed by atoms with Gasteiger partial charge in [0.1, 0.15) is 11.4 Å². The van der Waals surface area contributed by atoms with E-state index in [1.807, 2.05) is 0 Å². The first-order valence-electron chi connectivity index (χ1n) is 3.44. The minimum Gasteiger partial charge on any atom is -0.425 e. The minimum absolute atomic E-state index is 0.237. The third-order valence-corrected chi connectivity index (χ3v) is 1.77. The quantitative estimate of drug-likeness (QED) is 0.601. The van der Waals surface area contributed by atoms with Gasteiger partial charge in [0.2, 0.25) is 0 Å². The zero-order chi connectivity index (χ0) is 9.90. The third-order valence-electron chi connectivity index (χ3n) is 1.22. The highest BCUT2D eigenvalue weighted by Gasteiger charge is 2.11. The standard InChI is InChI=1S/C7H8NO4P/c1-13(10,11)12-7-4-2-6(8-9)3-5-7/h2-5H,1H3,(H,10,11). The third kappa shape index (κ3) is 3.36. The summed E-state index contributed by atoms with van der Waals surface area (Å²) in [4.78, 5) is 18.9. The maximum Gasteiger partial charge on any atom is 0.373 e. The topological polar surface area (TPSA) is 76.0 Å². The number of hydrogen-bond acceptors (Lipinski definition) is 4. The van der Waals surface area contributed by atoms with Crippen molar-refractivity contribution >= 4 is 13.3 Å². The number of hydrogen-bond donors (Lipinski definition) is 1. The van der Waals surface area contributed by atoms with Crippen LogP contribution in [0.4, 0.5) is 5.69 Å². The van der Waals surface area contributed by atoms with E-state index in [2.05, 4.69) is 9.70 Å². The van der Waals surface area contributed by atoms with Crippen LogP contribution in [0.1, 0.15) is 0 Å². The highest BCUT2D eigenvalue weighted by Crippen LogP contribution is 2.38. The predicted octanol–water partition coefficient (Wildman–Crippen LogP) is 2.28. The molecular formula is C7H8NO4P. The largest absolute Gasteiger partial charge is 0.425 e. The smallest absolute Gasteiger partial charge is 0.373 e. The van der Waals surface area contributed by atoms with E-state index in [0.717, 1.165) is 6.66 Å². The van der Waals surface area contributed by atoms with Gasteiger partial charge in [-0.1, -0.05) is 0 Å². The first-order chi connectivity index (χ1) is 6.01. The minimum atomic E-state index is -3.52. The molecule has 1 rings (SSSR count). The molecule has 1 atom stereocenters. The molecule has 0 spiro atoms. The second-order valence-electron chi connectivity index (χ2n) is 2.48. The van der Waals surface area contributed by atoms with Crippen molar-refractivity contribution in [1.29, 1.82) is 0 Å². The summed E-state index contributed by atoms with van der Waals surface area (Å²) >= 11 is 0. The van der Waals surface area contributed by atoms with Crippen molar-refractivity contribution in [2.45, 2.75) is 0 Å². The Morgan fingerprint density at radius 1 is 1.38 bits per heavy atom. The van der Waals surface area contributed by atoms with Crippen molar-refractivity contribution in [1.82, 2.24) is 0 Å². The summed E-state index contributed by atoms with van der Waals surface area (Å²) < 4.78 is 15.5. The van der Waals surface area contributed by atoms with Gasteiger partial charge in [0.05, 0.1) is 0 Å². The molecule has 1 unspecified atom stereocenters. The van der Waals surface area contributed by atoms with E-state index in [1.165, 1.54) is 24.3 Å². The summed E-state index contributed by atoms with van der Waals surface area (Å²) in [5.41, 5.74) is 0.247. The van der Waals surface area contributed by atoms with Crippen molar-refractivity contribution in [2.75, 3.05) is 6.66 Å². The Morgan fingerprint density at radius 2 is 1.92 bits per heavy atom. The molecule has 1 aromatic carbocycles. The van der Waals surface area contributed by atoms with Gasteiger partial charge in [-0.3, -0.25) is 0 Å². The van der Waals surface area contributed by atoms with Gasteiger partial charge in [-0.05, 0) is 29.4 Å². The second kappa shape index (κ2) is 3.68. The number of nitrogens with zero attached hydrogens (tertiary/aromatic N) is 1. The lowest BCUT2D eigenvalue weighted by Gasteiger charge is -2.07. The summed E-state index contributed by atoms with van der Waals surface area (Å²) in [6.45, 7) is 1.08. The van der Waals surface area contributed by atoms with Gasteiger partial charge in [0.15, 0.2) is 0 Å². The summed E-state index contributed by atoms with van der Waals surface area (Å²) in [6.07, 6.45) is 0. The Balaban J connectivity index is 2.81. The fourth-order valence-electron chi connectivity index (χ4n) is 0.763. The monoisotopic (exact) mass is 201 g/mol. The molecule has 0 radical (unpaired) electrons. The van der Waals surface area contributed by atoms with Gasteiger partial charge in [0, 0.05) is 6.66 Å². The summed E-state index contributed by atoms with van der Waals surface area (Å²) in [7, 11) is -3.52. The van der Waals surface area contributed by atoms with Gasteiger partial charge in [0.25, 0.3) is 0 Å². The summed E-state index contributed by atoms with van der Waals surface area (Å²) in [5, 5.41) is 2.67. The summed E-state index contributed by atoms with van der Waals surface area (Å²) in [6, 6.07) is 5.61. The molecule has 6 heteroatoms. The van der Waals surface area contributed by atoms with Crippen LogP contribution in [0.15, 0.2) is 29.4 Å². The van der Waals surface area contributed by atoms with Gasteiger partial charge in [-0.15, -0.1) is 4.91 Å². The average molecular weight is 201 g/mol. The first kappa shape index (κ1) is 9.89. The van der Waals surface area contributed by atoms with E-state index in [0.29, 0.717) is 0 Å². The van der Waals surface area contributed by atoms with Crippen LogP contribution in [0.5, 0.6) is 5.75 Å². The van der Waals surface area contributed by atoms with E-state index in [1.54, 1.807) is 0 Å². The van der Waals surface area contributed by atoms with Crippen molar-refractivity contribution in [3.8, 4) is 5.75 Å². The molecule has 13 heavy (non-hydrogen) atoms. The molecule has 1 aromatic rings. The predicted molar refractivity (Wildman–Crippen MR) is 48.3 cm³/mol. The van der Waals surface area contributed by atoms with Crippen LogP contribution >= 0.6 is 7.60 Å². The lowest BCUT2D eigenvalue weighted by molar-refractivity contribution is 0.387. The van der Waals surface area contributed by atoms with Crippen molar-refractivity contribution in [3.05, 3.63) is 29.2 Å². The highest BCUT2D eigenvalue weighted by atomic mass is 31.2. The summed E-state index contributed by atoms with van der Waals surface area (Å²) in [5.74, 6) is 0.237. The molecule has 0 bridgehead atoms. The number of rotatable bonds is 3. The first-order valence-corrected chi connectivity index (χ1v) is 5.47. The molecular weight excluding hydrogens is 193 g/mol. The molecule has 0 amide bonds. The Hall–Kier alpha value is -1.19. The van der Waals surface area contributed by atoms with Crippen molar-refractivity contribution < 1.29 is 14.0 Å². The van der Waals surface area contributed by atoms with Crippen LogP contribution in [0.2, 0.25) is 0 Å². The maximum atomic E-state index is 10.8. The lowest BCUT2D eigenvalue weighted by Crippen LogP contribution is -1.88. The average Bonchev–Trinajstić information content (AvgIpc) is 2.03. The molecule has 1 N–H and O–H groups in total. The molecule has 70 valence electrons. The van der Waals surface area contributed by atoms with Crippen molar-refractivity contribution in [2.24, 2.45) is 5.18 Å². The fraction of sp³-hybridized carbons (Fsp3) is 0.143. The molecule has 0 aliphatic carbocycles. The zero-order valence-electron chi connectivity index (χ0n) is 6.88. The van der Waals surface area contributed by atoms with Crippen molar-refractivity contribution in [3.63, 3.8) is 0 Å². The van der Waals surface area contributed by atoms with Crippen LogP contribution in [0.25, 0.3) is 0 Å². The molecule has 0 fully saturated rings. The zero-order valence-corrected chi connectivity index (χ0v) is 7.77. The van der Waals surface area contributed by atoms with Crippen LogP contribution in [-0.4, -0.2) is 11.6 Å². The van der Waals surface area contributed by atoms with Crippen LogP contribution in [0, 0.1) is 4.91 Å². The van der Waals surface area contributed by atoms with E-state index in [4.69, 9.17) is 4.89 Å². The van der Waals surface area contributed by atoms with E-state index < -0.39 is 7.60 Å². The molecule has 0 saturated heterocycles. The molecule has 0 aliphatic heterocycles. The molecule has 0 aromatic heterocycles. The normalized spacial score (nSPS) is 14.6. The van der Waals surface area contributed by atoms with Crippen LogP contribution in [0.3, 0.4) is 0 Å². The Morgan fingerprint density at radius 3 is 2.31 bits per heavy atom. The Labute approximate surface area is 74.9 Å². The molecule has 5 nitrogen and oxygen atoms in total. The van der Waals surface area contributed by atoms with E-state index in [9.17, 15) is 9.47 Å². The van der Waals surface area contributed by atoms with Crippen LogP contribution < -0.4 is 4.52 Å². The lowest BCUT2D eigenvalue weighted by atomic mass is 10.3. The fourth-order valence-corrected chi connectivity index (χ4v) is 1.28. The van der Waals surface area contributed by atoms with Crippen LogP contribution in [-0.2, 0) is 4.57 Å². The number of benzene rings is 1. The van der Waals surface area contributed by atoms with Gasteiger partial charge in [-0.25, -0.2) is 4.57 Å². The Bertz CT molecular complexity index is 342. The molecule has 0 saturated carbocycles. The highest BCUT2D eigenvalue weighted by molar-refractivity contribution is 7.52. The maximum absolute atomic E-state index is 10.8. The van der Waals surface area contributed by atoms with Gasteiger partial charge < -0.3 is 9.42 Å². The Kier molecular flexibility index (Phi) is 2.80. The van der Waals surface area contributed by atoms with Gasteiger partial charge >= 0.3 is 7.60 Å². The van der Waals surface area contributed by atoms with Gasteiger partial charge in [-0.2, -0.15) is 0 Å². The number of nitroso groups, excluding NO2 is 1. The SMILES string of the molecule is CP(=O)(O)Oc1ccc(N=O)cc1. The van der Waals surface area contributed by atoms with E-state index >= 15 is 0 Å². The molecule has 0 heterocycles.